The van der Waals surface area contributed by atoms with Gasteiger partial charge in [-0.15, -0.1) is 0 Å². The molecule has 118 valence electrons. The number of fused-ring (bicyclic) bond motifs is 1. The fraction of sp³-hybridized carbons (Fsp3) is 0.500. The van der Waals surface area contributed by atoms with Crippen LogP contribution in [0.1, 0.15) is 31.2 Å². The normalized spacial score (nSPS) is 16.6. The molecule has 1 aliphatic heterocycles. The van der Waals surface area contributed by atoms with E-state index in [1.54, 1.807) is 0 Å². The summed E-state index contributed by atoms with van der Waals surface area (Å²) in [7, 11) is 0. The van der Waals surface area contributed by atoms with Crippen molar-refractivity contribution in [3.63, 3.8) is 0 Å². The minimum absolute atomic E-state index is 0.0359. The topological polar surface area (TPSA) is 45.2 Å². The minimum Gasteiger partial charge on any atom is -0.301 e. The van der Waals surface area contributed by atoms with E-state index in [-0.39, 0.29) is 5.91 Å². The number of hydrogen-bond donors (Lipinski definition) is 1. The van der Waals surface area contributed by atoms with Crippen LogP contribution < -0.4 is 5.32 Å². The number of rotatable bonds is 3. The minimum atomic E-state index is 0.0359. The summed E-state index contributed by atoms with van der Waals surface area (Å²) in [6.07, 6.45) is 4.95. The molecule has 22 heavy (non-hydrogen) atoms. The molecule has 0 spiro atoms. The summed E-state index contributed by atoms with van der Waals surface area (Å²) >= 11 is 5.07. The molecular weight excluding hydrogens is 362 g/mol. The van der Waals surface area contributed by atoms with E-state index >= 15 is 0 Å². The number of halogens is 1. The number of anilines is 1. The molecule has 0 saturated carbocycles. The van der Waals surface area contributed by atoms with Crippen molar-refractivity contribution in [3.05, 3.63) is 22.2 Å². The van der Waals surface area contributed by atoms with Gasteiger partial charge in [0.2, 0.25) is 5.91 Å². The number of nitrogens with one attached hydrogen (secondary N) is 1. The standard InChI is InChI=1S/C16H20BrN3OS/c1-11-8-12(17)15-13(9-11)22-16(19-15)18-14(21)10-20-6-4-2-3-5-7-20/h8-9H,2-7,10H2,1H3,(H,18,19,21). The lowest BCUT2D eigenvalue weighted by atomic mass is 10.2. The summed E-state index contributed by atoms with van der Waals surface area (Å²) in [5.74, 6) is 0.0359. The lowest BCUT2D eigenvalue weighted by molar-refractivity contribution is -0.117. The molecule has 3 rings (SSSR count). The SMILES string of the molecule is Cc1cc(Br)c2nc(NC(=O)CN3CCCCCC3)sc2c1. The molecule has 4 nitrogen and oxygen atoms in total. The fourth-order valence-electron chi connectivity index (χ4n) is 2.83. The highest BCUT2D eigenvalue weighted by Gasteiger charge is 2.15. The van der Waals surface area contributed by atoms with Crippen LogP contribution in [0.25, 0.3) is 10.2 Å². The Morgan fingerprint density at radius 3 is 2.77 bits per heavy atom. The Morgan fingerprint density at radius 1 is 1.32 bits per heavy atom. The van der Waals surface area contributed by atoms with Crippen LogP contribution in [-0.2, 0) is 4.79 Å². The summed E-state index contributed by atoms with van der Waals surface area (Å²) in [6, 6.07) is 4.15. The number of thiazole rings is 1. The Kier molecular flexibility index (Phi) is 5.10. The molecule has 1 aliphatic rings. The lowest BCUT2D eigenvalue weighted by Gasteiger charge is -2.18. The third kappa shape index (κ3) is 3.86. The van der Waals surface area contributed by atoms with Gasteiger partial charge in [0.15, 0.2) is 5.13 Å². The first-order valence-corrected chi connectivity index (χ1v) is 9.32. The van der Waals surface area contributed by atoms with E-state index in [2.05, 4.69) is 44.1 Å². The highest BCUT2D eigenvalue weighted by atomic mass is 79.9. The molecule has 0 unspecified atom stereocenters. The Hall–Kier alpha value is -0.980. The molecule has 1 N–H and O–H groups in total. The highest BCUT2D eigenvalue weighted by Crippen LogP contribution is 2.32. The van der Waals surface area contributed by atoms with Crippen LogP contribution >= 0.6 is 27.3 Å². The van der Waals surface area contributed by atoms with Gasteiger partial charge in [0.05, 0.1) is 16.8 Å². The predicted molar refractivity (Wildman–Crippen MR) is 95.6 cm³/mol. The zero-order chi connectivity index (χ0) is 15.5. The molecular formula is C16H20BrN3OS. The summed E-state index contributed by atoms with van der Waals surface area (Å²) in [4.78, 5) is 19.0. The average molecular weight is 382 g/mol. The number of carbonyl (C=O) groups excluding carboxylic acids is 1. The molecule has 0 aliphatic carbocycles. The number of aryl methyl sites for hydroxylation is 1. The van der Waals surface area contributed by atoms with Crippen LogP contribution in [0.4, 0.5) is 5.13 Å². The van der Waals surface area contributed by atoms with E-state index in [1.807, 2.05) is 6.07 Å². The first kappa shape index (κ1) is 15.9. The Morgan fingerprint density at radius 2 is 2.05 bits per heavy atom. The number of benzene rings is 1. The van der Waals surface area contributed by atoms with E-state index in [0.717, 1.165) is 27.8 Å². The Bertz CT molecular complexity index is 677. The zero-order valence-corrected chi connectivity index (χ0v) is 15.1. The Balaban J connectivity index is 1.67. The van der Waals surface area contributed by atoms with Crippen LogP contribution in [0.15, 0.2) is 16.6 Å². The quantitative estimate of drug-likeness (QED) is 0.866. The molecule has 1 amide bonds. The average Bonchev–Trinajstić information content (AvgIpc) is 2.67. The smallest absolute Gasteiger partial charge is 0.240 e. The van der Waals surface area contributed by atoms with Gasteiger partial charge in [-0.3, -0.25) is 9.69 Å². The van der Waals surface area contributed by atoms with Crippen LogP contribution in [0, 0.1) is 6.92 Å². The maximum absolute atomic E-state index is 12.2. The highest BCUT2D eigenvalue weighted by molar-refractivity contribution is 9.10. The van der Waals surface area contributed by atoms with Gasteiger partial charge in [-0.05, 0) is 66.5 Å². The maximum atomic E-state index is 12.2. The number of nitrogens with zero attached hydrogens (tertiary/aromatic N) is 2. The molecule has 2 aromatic rings. The van der Waals surface area contributed by atoms with Crippen molar-refractivity contribution in [2.45, 2.75) is 32.6 Å². The predicted octanol–water partition coefficient (Wildman–Crippen LogP) is 4.18. The molecule has 6 heteroatoms. The van der Waals surface area contributed by atoms with Crippen molar-refractivity contribution in [2.75, 3.05) is 25.0 Å². The van der Waals surface area contributed by atoms with Gasteiger partial charge in [0.25, 0.3) is 0 Å². The summed E-state index contributed by atoms with van der Waals surface area (Å²) < 4.78 is 2.07. The van der Waals surface area contributed by atoms with Crippen molar-refractivity contribution >= 4 is 48.5 Å². The van der Waals surface area contributed by atoms with Crippen LogP contribution in [0.5, 0.6) is 0 Å². The summed E-state index contributed by atoms with van der Waals surface area (Å²) in [5.41, 5.74) is 2.10. The van der Waals surface area contributed by atoms with E-state index < -0.39 is 0 Å². The van der Waals surface area contributed by atoms with Gasteiger partial charge in [-0.1, -0.05) is 24.2 Å². The van der Waals surface area contributed by atoms with Crippen LogP contribution in [-0.4, -0.2) is 35.4 Å². The summed E-state index contributed by atoms with van der Waals surface area (Å²) in [6.45, 7) is 4.58. The van der Waals surface area contributed by atoms with E-state index in [4.69, 9.17) is 0 Å². The van der Waals surface area contributed by atoms with Crippen molar-refractivity contribution in [2.24, 2.45) is 0 Å². The van der Waals surface area contributed by atoms with Crippen molar-refractivity contribution in [1.82, 2.24) is 9.88 Å². The lowest BCUT2D eigenvalue weighted by Crippen LogP contribution is -2.33. The van der Waals surface area contributed by atoms with Crippen LogP contribution in [0.2, 0.25) is 0 Å². The molecule has 0 bridgehead atoms. The van der Waals surface area contributed by atoms with E-state index in [9.17, 15) is 4.79 Å². The molecule has 1 saturated heterocycles. The maximum Gasteiger partial charge on any atom is 0.240 e. The molecule has 0 atom stereocenters. The van der Waals surface area contributed by atoms with Gasteiger partial charge in [-0.2, -0.15) is 0 Å². The van der Waals surface area contributed by atoms with E-state index in [0.29, 0.717) is 11.7 Å². The van der Waals surface area contributed by atoms with Crippen molar-refractivity contribution in [3.8, 4) is 0 Å². The number of hydrogen-bond acceptors (Lipinski definition) is 4. The van der Waals surface area contributed by atoms with Crippen molar-refractivity contribution < 1.29 is 4.79 Å². The third-order valence-corrected chi connectivity index (χ3v) is 5.43. The molecule has 0 radical (unpaired) electrons. The second-order valence-corrected chi connectivity index (χ2v) is 7.74. The number of amides is 1. The second-order valence-electron chi connectivity index (χ2n) is 5.85. The van der Waals surface area contributed by atoms with Gasteiger partial charge in [0.1, 0.15) is 0 Å². The number of aromatic nitrogens is 1. The first-order valence-electron chi connectivity index (χ1n) is 7.71. The molecule has 1 aromatic carbocycles. The third-order valence-electron chi connectivity index (χ3n) is 3.91. The van der Waals surface area contributed by atoms with Gasteiger partial charge < -0.3 is 5.32 Å². The fourth-order valence-corrected chi connectivity index (χ4v) is 4.63. The van der Waals surface area contributed by atoms with Crippen molar-refractivity contribution in [1.29, 1.82) is 0 Å². The number of carbonyl (C=O) groups is 1. The second kappa shape index (κ2) is 7.06. The molecule has 1 aromatic heterocycles. The van der Waals surface area contributed by atoms with Crippen LogP contribution in [0.3, 0.4) is 0 Å². The Labute approximate surface area is 143 Å². The summed E-state index contributed by atoms with van der Waals surface area (Å²) in [5, 5.41) is 3.63. The monoisotopic (exact) mass is 381 g/mol. The first-order chi connectivity index (χ1) is 10.6. The van der Waals surface area contributed by atoms with Gasteiger partial charge in [-0.25, -0.2) is 4.98 Å². The zero-order valence-electron chi connectivity index (χ0n) is 12.7. The van der Waals surface area contributed by atoms with E-state index in [1.165, 1.54) is 42.6 Å². The molecule has 2 heterocycles. The molecule has 1 fully saturated rings. The number of likely N-dealkylation sites (tertiary alicyclic amines) is 1. The van der Waals surface area contributed by atoms with Gasteiger partial charge in [0, 0.05) is 4.47 Å². The van der Waals surface area contributed by atoms with Gasteiger partial charge >= 0.3 is 0 Å². The largest absolute Gasteiger partial charge is 0.301 e.